The summed E-state index contributed by atoms with van der Waals surface area (Å²) >= 11 is 3.47. The van der Waals surface area contributed by atoms with Crippen molar-refractivity contribution in [2.45, 2.75) is 26.2 Å². The van der Waals surface area contributed by atoms with Gasteiger partial charge in [0.25, 0.3) is 0 Å². The van der Waals surface area contributed by atoms with Gasteiger partial charge in [0.05, 0.1) is 19.0 Å². The molecule has 0 aliphatic heterocycles. The van der Waals surface area contributed by atoms with Crippen molar-refractivity contribution in [1.29, 1.82) is 0 Å². The number of aromatic nitrogens is 2. The molecule has 0 fully saturated rings. The zero-order valence-electron chi connectivity index (χ0n) is 12.0. The van der Waals surface area contributed by atoms with Gasteiger partial charge in [-0.3, -0.25) is 4.79 Å². The van der Waals surface area contributed by atoms with Crippen LogP contribution in [0.15, 0.2) is 28.9 Å². The number of aryl methyl sites for hydroxylation is 1. The Labute approximate surface area is 126 Å². The second-order valence-corrected chi connectivity index (χ2v) is 6.14. The van der Waals surface area contributed by atoms with E-state index in [1.807, 2.05) is 25.1 Å². The van der Waals surface area contributed by atoms with Crippen LogP contribution >= 0.6 is 15.9 Å². The number of hydrogen-bond acceptors (Lipinski definition) is 3. The fraction of sp³-hybridized carbons (Fsp3) is 0.333. The molecule has 2 aromatic rings. The standard InChI is InChI=1S/C15H17BrN2O2/c1-9-5-6-10(16)7-11(9)12-8-17-13(18-12)15(2,3)14(19)20-4/h5-8H,1-4H3,(H,17,18). The van der Waals surface area contributed by atoms with Crippen molar-refractivity contribution in [3.63, 3.8) is 0 Å². The summed E-state index contributed by atoms with van der Waals surface area (Å²) in [7, 11) is 1.38. The molecule has 20 heavy (non-hydrogen) atoms. The largest absolute Gasteiger partial charge is 0.468 e. The van der Waals surface area contributed by atoms with Crippen LogP contribution in [0, 0.1) is 6.92 Å². The van der Waals surface area contributed by atoms with Crippen LogP contribution in [0.1, 0.15) is 25.2 Å². The minimum Gasteiger partial charge on any atom is -0.468 e. The van der Waals surface area contributed by atoms with Crippen molar-refractivity contribution in [2.24, 2.45) is 0 Å². The van der Waals surface area contributed by atoms with Crippen LogP contribution in [0.5, 0.6) is 0 Å². The van der Waals surface area contributed by atoms with E-state index in [1.165, 1.54) is 7.11 Å². The van der Waals surface area contributed by atoms with Gasteiger partial charge in [-0.2, -0.15) is 0 Å². The number of aromatic amines is 1. The number of halogens is 1. The molecule has 0 atom stereocenters. The summed E-state index contributed by atoms with van der Waals surface area (Å²) in [6.45, 7) is 5.61. The SMILES string of the molecule is COC(=O)C(C)(C)c1ncc(-c2cc(Br)ccc2C)[nH]1. The topological polar surface area (TPSA) is 55.0 Å². The molecule has 1 aromatic carbocycles. The quantitative estimate of drug-likeness (QED) is 0.871. The average molecular weight is 337 g/mol. The van der Waals surface area contributed by atoms with Gasteiger partial charge in [-0.15, -0.1) is 0 Å². The van der Waals surface area contributed by atoms with Gasteiger partial charge in [0.1, 0.15) is 11.2 Å². The zero-order valence-corrected chi connectivity index (χ0v) is 13.5. The molecule has 4 nitrogen and oxygen atoms in total. The minimum absolute atomic E-state index is 0.315. The number of carbonyl (C=O) groups is 1. The number of H-pyrrole nitrogens is 1. The van der Waals surface area contributed by atoms with Gasteiger partial charge < -0.3 is 9.72 Å². The Morgan fingerprint density at radius 3 is 2.75 bits per heavy atom. The Kier molecular flexibility index (Phi) is 3.99. The Bertz CT molecular complexity index is 647. The lowest BCUT2D eigenvalue weighted by molar-refractivity contribution is -0.146. The molecule has 0 saturated heterocycles. The third-order valence-corrected chi connectivity index (χ3v) is 3.85. The summed E-state index contributed by atoms with van der Waals surface area (Å²) in [4.78, 5) is 19.4. The van der Waals surface area contributed by atoms with E-state index >= 15 is 0 Å². The zero-order chi connectivity index (χ0) is 14.9. The number of rotatable bonds is 3. The summed E-state index contributed by atoms with van der Waals surface area (Å²) in [6, 6.07) is 6.05. The van der Waals surface area contributed by atoms with Crippen LogP contribution in [0.2, 0.25) is 0 Å². The molecule has 0 spiro atoms. The van der Waals surface area contributed by atoms with E-state index in [-0.39, 0.29) is 5.97 Å². The van der Waals surface area contributed by atoms with E-state index < -0.39 is 5.41 Å². The second-order valence-electron chi connectivity index (χ2n) is 5.22. The third-order valence-electron chi connectivity index (χ3n) is 3.35. The minimum atomic E-state index is -0.799. The molecule has 1 N–H and O–H groups in total. The van der Waals surface area contributed by atoms with Gasteiger partial charge in [0.15, 0.2) is 0 Å². The molecule has 2 rings (SSSR count). The summed E-state index contributed by atoms with van der Waals surface area (Å²) in [5.74, 6) is 0.281. The molecular formula is C15H17BrN2O2. The first-order valence-electron chi connectivity index (χ1n) is 6.26. The van der Waals surface area contributed by atoms with E-state index in [0.29, 0.717) is 5.82 Å². The fourth-order valence-electron chi connectivity index (χ4n) is 2.01. The number of imidazole rings is 1. The van der Waals surface area contributed by atoms with E-state index in [1.54, 1.807) is 20.0 Å². The van der Waals surface area contributed by atoms with Crippen LogP contribution in [-0.4, -0.2) is 23.0 Å². The Morgan fingerprint density at radius 1 is 1.40 bits per heavy atom. The molecule has 0 aliphatic carbocycles. The van der Waals surface area contributed by atoms with Crippen LogP contribution in [0.3, 0.4) is 0 Å². The normalized spacial score (nSPS) is 11.4. The van der Waals surface area contributed by atoms with Gasteiger partial charge >= 0.3 is 5.97 Å². The highest BCUT2D eigenvalue weighted by Gasteiger charge is 2.34. The van der Waals surface area contributed by atoms with Gasteiger partial charge in [-0.25, -0.2) is 4.98 Å². The highest BCUT2D eigenvalue weighted by Crippen LogP contribution is 2.28. The van der Waals surface area contributed by atoms with E-state index in [2.05, 4.69) is 25.9 Å². The second kappa shape index (κ2) is 5.40. The highest BCUT2D eigenvalue weighted by molar-refractivity contribution is 9.10. The Morgan fingerprint density at radius 2 is 2.10 bits per heavy atom. The molecule has 0 radical (unpaired) electrons. The van der Waals surface area contributed by atoms with Crippen LogP contribution < -0.4 is 0 Å². The first kappa shape index (κ1) is 14.8. The highest BCUT2D eigenvalue weighted by atomic mass is 79.9. The smallest absolute Gasteiger partial charge is 0.318 e. The van der Waals surface area contributed by atoms with E-state index in [9.17, 15) is 4.79 Å². The van der Waals surface area contributed by atoms with Gasteiger partial charge in [0, 0.05) is 10.0 Å². The molecule has 0 amide bonds. The predicted molar refractivity (Wildman–Crippen MR) is 81.5 cm³/mol. The molecule has 106 valence electrons. The van der Waals surface area contributed by atoms with Gasteiger partial charge in [-0.1, -0.05) is 22.0 Å². The fourth-order valence-corrected chi connectivity index (χ4v) is 2.37. The molecule has 5 heteroatoms. The molecule has 0 unspecified atom stereocenters. The number of nitrogens with zero attached hydrogens (tertiary/aromatic N) is 1. The lowest BCUT2D eigenvalue weighted by Crippen LogP contribution is -2.31. The number of hydrogen-bond donors (Lipinski definition) is 1. The third kappa shape index (κ3) is 2.63. The van der Waals surface area contributed by atoms with Crippen molar-refractivity contribution in [3.8, 4) is 11.3 Å². The van der Waals surface area contributed by atoms with Crippen LogP contribution in [-0.2, 0) is 14.9 Å². The predicted octanol–water partition coefficient (Wildman–Crippen LogP) is 3.60. The number of methoxy groups -OCH3 is 1. The van der Waals surface area contributed by atoms with Crippen LogP contribution in [0.4, 0.5) is 0 Å². The lowest BCUT2D eigenvalue weighted by atomic mass is 9.93. The maximum Gasteiger partial charge on any atom is 0.318 e. The number of ether oxygens (including phenoxy) is 1. The summed E-state index contributed by atoms with van der Waals surface area (Å²) in [5.41, 5.74) is 2.28. The molecule has 0 saturated carbocycles. The van der Waals surface area contributed by atoms with E-state index in [0.717, 1.165) is 21.3 Å². The Hall–Kier alpha value is -1.62. The Balaban J connectivity index is 2.43. The van der Waals surface area contributed by atoms with Gasteiger partial charge in [0.2, 0.25) is 0 Å². The maximum absolute atomic E-state index is 11.8. The van der Waals surface area contributed by atoms with Crippen molar-refractivity contribution < 1.29 is 9.53 Å². The van der Waals surface area contributed by atoms with Crippen LogP contribution in [0.25, 0.3) is 11.3 Å². The monoisotopic (exact) mass is 336 g/mol. The average Bonchev–Trinajstić information content (AvgIpc) is 2.90. The van der Waals surface area contributed by atoms with Crippen molar-refractivity contribution in [3.05, 3.63) is 40.3 Å². The maximum atomic E-state index is 11.8. The molecule has 0 aliphatic rings. The number of esters is 1. The van der Waals surface area contributed by atoms with Crippen molar-refractivity contribution >= 4 is 21.9 Å². The lowest BCUT2D eigenvalue weighted by Gasteiger charge is -2.18. The molecule has 0 bridgehead atoms. The first-order valence-corrected chi connectivity index (χ1v) is 7.06. The number of benzene rings is 1. The van der Waals surface area contributed by atoms with Gasteiger partial charge in [-0.05, 0) is 38.5 Å². The number of carbonyl (C=O) groups excluding carboxylic acids is 1. The molecule has 1 aromatic heterocycles. The summed E-state index contributed by atoms with van der Waals surface area (Å²) in [5, 5.41) is 0. The number of nitrogens with one attached hydrogen (secondary N) is 1. The van der Waals surface area contributed by atoms with Crippen molar-refractivity contribution in [1.82, 2.24) is 9.97 Å². The molecular weight excluding hydrogens is 320 g/mol. The molecule has 1 heterocycles. The summed E-state index contributed by atoms with van der Waals surface area (Å²) < 4.78 is 5.82. The van der Waals surface area contributed by atoms with Crippen molar-refractivity contribution in [2.75, 3.05) is 7.11 Å². The van der Waals surface area contributed by atoms with E-state index in [4.69, 9.17) is 4.74 Å². The first-order chi connectivity index (χ1) is 9.36. The summed E-state index contributed by atoms with van der Waals surface area (Å²) in [6.07, 6.45) is 1.74.